The Balaban J connectivity index is 2.06. The number of carbonyl (C=O) groups excluding carboxylic acids is 1. The summed E-state index contributed by atoms with van der Waals surface area (Å²) in [6, 6.07) is 7.29. The lowest BCUT2D eigenvalue weighted by atomic mass is 10.0. The van der Waals surface area contributed by atoms with Gasteiger partial charge in [-0.15, -0.1) is 6.58 Å². The standard InChI is InChI=1S/C19H22N2O3S/c1-4-8-21(15-7-9-25(23,24)12-15)19(22)17-11-14(3)20-18-10-13(2)5-6-16(17)18/h4-6,10-11,15H,1,7-9,12H2,2-3H3. The zero-order valence-electron chi connectivity index (χ0n) is 14.5. The highest BCUT2D eigenvalue weighted by atomic mass is 32.2. The fourth-order valence-corrected chi connectivity index (χ4v) is 5.09. The highest BCUT2D eigenvalue weighted by Crippen LogP contribution is 2.25. The van der Waals surface area contributed by atoms with Gasteiger partial charge < -0.3 is 4.90 Å². The Hall–Kier alpha value is -2.21. The van der Waals surface area contributed by atoms with Crippen LogP contribution in [0.25, 0.3) is 10.9 Å². The van der Waals surface area contributed by atoms with E-state index in [1.807, 2.05) is 32.0 Å². The Labute approximate surface area is 148 Å². The molecule has 1 unspecified atom stereocenters. The molecule has 0 radical (unpaired) electrons. The molecule has 3 rings (SSSR count). The van der Waals surface area contributed by atoms with Gasteiger partial charge in [-0.05, 0) is 38.0 Å². The summed E-state index contributed by atoms with van der Waals surface area (Å²) in [6.45, 7) is 7.89. The number of hydrogen-bond acceptors (Lipinski definition) is 4. The minimum Gasteiger partial charge on any atom is -0.331 e. The summed E-state index contributed by atoms with van der Waals surface area (Å²) in [6.07, 6.45) is 2.12. The van der Waals surface area contributed by atoms with E-state index in [1.165, 1.54) is 0 Å². The van der Waals surface area contributed by atoms with Crippen molar-refractivity contribution in [3.8, 4) is 0 Å². The van der Waals surface area contributed by atoms with Gasteiger partial charge in [0.15, 0.2) is 9.84 Å². The number of rotatable bonds is 4. The van der Waals surface area contributed by atoms with Gasteiger partial charge in [0, 0.05) is 23.7 Å². The molecule has 1 amide bonds. The van der Waals surface area contributed by atoms with Crippen LogP contribution in [0.3, 0.4) is 0 Å². The summed E-state index contributed by atoms with van der Waals surface area (Å²) in [5, 5.41) is 0.788. The van der Waals surface area contributed by atoms with Crippen LogP contribution in [0.2, 0.25) is 0 Å². The number of pyridine rings is 1. The number of carbonyl (C=O) groups is 1. The first-order valence-electron chi connectivity index (χ1n) is 8.31. The predicted molar refractivity (Wildman–Crippen MR) is 99.5 cm³/mol. The highest BCUT2D eigenvalue weighted by molar-refractivity contribution is 7.91. The number of benzene rings is 1. The number of aromatic nitrogens is 1. The highest BCUT2D eigenvalue weighted by Gasteiger charge is 2.35. The van der Waals surface area contributed by atoms with Crippen LogP contribution in [0.4, 0.5) is 0 Å². The Morgan fingerprint density at radius 2 is 2.12 bits per heavy atom. The van der Waals surface area contributed by atoms with Crippen LogP contribution in [-0.2, 0) is 9.84 Å². The summed E-state index contributed by atoms with van der Waals surface area (Å²) in [5.74, 6) is -0.0111. The third-order valence-corrected chi connectivity index (χ3v) is 6.31. The van der Waals surface area contributed by atoms with Crippen molar-refractivity contribution in [2.45, 2.75) is 26.3 Å². The topological polar surface area (TPSA) is 67.3 Å². The molecule has 0 aliphatic carbocycles. The van der Waals surface area contributed by atoms with Crippen LogP contribution in [-0.4, -0.2) is 48.3 Å². The zero-order valence-corrected chi connectivity index (χ0v) is 15.3. The van der Waals surface area contributed by atoms with Gasteiger partial charge in [-0.1, -0.05) is 18.2 Å². The van der Waals surface area contributed by atoms with Crippen LogP contribution >= 0.6 is 0 Å². The lowest BCUT2D eigenvalue weighted by molar-refractivity contribution is 0.0722. The predicted octanol–water partition coefficient (Wildman–Crippen LogP) is 2.67. The monoisotopic (exact) mass is 358 g/mol. The zero-order chi connectivity index (χ0) is 18.2. The van der Waals surface area contributed by atoms with Crippen LogP contribution < -0.4 is 0 Å². The minimum atomic E-state index is -3.07. The van der Waals surface area contributed by atoms with E-state index >= 15 is 0 Å². The summed E-state index contributed by atoms with van der Waals surface area (Å²) in [7, 11) is -3.07. The average Bonchev–Trinajstić information content (AvgIpc) is 2.90. The van der Waals surface area contributed by atoms with E-state index in [1.54, 1.807) is 17.0 Å². The first kappa shape index (κ1) is 17.6. The molecule has 5 nitrogen and oxygen atoms in total. The summed E-state index contributed by atoms with van der Waals surface area (Å²) in [5.41, 5.74) is 3.18. The lowest BCUT2D eigenvalue weighted by Gasteiger charge is -2.27. The van der Waals surface area contributed by atoms with E-state index < -0.39 is 9.84 Å². The van der Waals surface area contributed by atoms with E-state index in [4.69, 9.17) is 0 Å². The molecule has 132 valence electrons. The SMILES string of the molecule is C=CCN(C(=O)c1cc(C)nc2cc(C)ccc12)C1CCS(=O)(=O)C1. The lowest BCUT2D eigenvalue weighted by Crippen LogP contribution is -2.41. The minimum absolute atomic E-state index is 0.0215. The number of amides is 1. The Kier molecular flexibility index (Phi) is 4.64. The van der Waals surface area contributed by atoms with Gasteiger partial charge >= 0.3 is 0 Å². The van der Waals surface area contributed by atoms with Gasteiger partial charge in [0.1, 0.15) is 0 Å². The molecule has 6 heteroatoms. The first-order chi connectivity index (χ1) is 11.8. The fraction of sp³-hybridized carbons (Fsp3) is 0.368. The van der Waals surface area contributed by atoms with Crippen molar-refractivity contribution in [1.29, 1.82) is 0 Å². The van der Waals surface area contributed by atoms with Crippen LogP contribution in [0.1, 0.15) is 28.0 Å². The van der Waals surface area contributed by atoms with E-state index in [9.17, 15) is 13.2 Å². The molecule has 0 spiro atoms. The second kappa shape index (κ2) is 6.59. The van der Waals surface area contributed by atoms with Crippen molar-refractivity contribution >= 4 is 26.6 Å². The number of sulfone groups is 1. The molecule has 0 N–H and O–H groups in total. The Bertz CT molecular complexity index is 945. The molecule has 0 bridgehead atoms. The van der Waals surface area contributed by atoms with Gasteiger partial charge in [0.2, 0.25) is 0 Å². The number of aryl methyl sites for hydroxylation is 2. The van der Waals surface area contributed by atoms with E-state index in [0.29, 0.717) is 18.5 Å². The van der Waals surface area contributed by atoms with Gasteiger partial charge in [0.25, 0.3) is 5.91 Å². The third-order valence-electron chi connectivity index (χ3n) is 4.56. The number of fused-ring (bicyclic) bond motifs is 1. The number of nitrogens with zero attached hydrogens (tertiary/aromatic N) is 2. The molecule has 1 aromatic heterocycles. The molecule has 0 saturated carbocycles. The first-order valence-corrected chi connectivity index (χ1v) is 10.1. The molecule has 1 aliphatic rings. The summed E-state index contributed by atoms with van der Waals surface area (Å²) >= 11 is 0. The van der Waals surface area contributed by atoms with E-state index in [-0.39, 0.29) is 23.5 Å². The summed E-state index contributed by atoms with van der Waals surface area (Å²) < 4.78 is 23.7. The molecule has 25 heavy (non-hydrogen) atoms. The van der Waals surface area contributed by atoms with Crippen molar-refractivity contribution in [2.75, 3.05) is 18.1 Å². The second-order valence-corrected chi connectivity index (χ2v) is 8.86. The Morgan fingerprint density at radius 3 is 2.76 bits per heavy atom. The molecule has 2 heterocycles. The third kappa shape index (κ3) is 3.58. The molecular weight excluding hydrogens is 336 g/mol. The Morgan fingerprint density at radius 1 is 1.36 bits per heavy atom. The van der Waals surface area contributed by atoms with Crippen LogP contribution in [0.15, 0.2) is 36.9 Å². The smallest absolute Gasteiger partial charge is 0.255 e. The van der Waals surface area contributed by atoms with Gasteiger partial charge in [-0.25, -0.2) is 8.42 Å². The van der Waals surface area contributed by atoms with Gasteiger partial charge in [-0.2, -0.15) is 0 Å². The van der Waals surface area contributed by atoms with Gasteiger partial charge in [-0.3, -0.25) is 9.78 Å². The molecule has 1 atom stereocenters. The van der Waals surface area contributed by atoms with Crippen molar-refractivity contribution in [3.63, 3.8) is 0 Å². The maximum absolute atomic E-state index is 13.2. The molecular formula is C19H22N2O3S. The van der Waals surface area contributed by atoms with Crippen molar-refractivity contribution in [1.82, 2.24) is 9.88 Å². The normalized spacial score (nSPS) is 19.0. The van der Waals surface area contributed by atoms with Crippen molar-refractivity contribution in [3.05, 3.63) is 53.7 Å². The van der Waals surface area contributed by atoms with Crippen molar-refractivity contribution in [2.24, 2.45) is 0 Å². The fourth-order valence-electron chi connectivity index (χ4n) is 3.36. The molecule has 1 fully saturated rings. The quantitative estimate of drug-likeness (QED) is 0.788. The van der Waals surface area contributed by atoms with Crippen LogP contribution in [0.5, 0.6) is 0 Å². The molecule has 1 aromatic carbocycles. The summed E-state index contributed by atoms with van der Waals surface area (Å²) in [4.78, 5) is 19.4. The van der Waals surface area contributed by atoms with E-state index in [2.05, 4.69) is 11.6 Å². The number of hydrogen-bond donors (Lipinski definition) is 0. The maximum atomic E-state index is 13.2. The van der Waals surface area contributed by atoms with Crippen molar-refractivity contribution < 1.29 is 13.2 Å². The second-order valence-electron chi connectivity index (χ2n) is 6.63. The largest absolute Gasteiger partial charge is 0.331 e. The maximum Gasteiger partial charge on any atom is 0.255 e. The van der Waals surface area contributed by atoms with Crippen LogP contribution in [0, 0.1) is 13.8 Å². The van der Waals surface area contributed by atoms with E-state index in [0.717, 1.165) is 22.2 Å². The molecule has 2 aromatic rings. The van der Waals surface area contributed by atoms with Gasteiger partial charge in [0.05, 0.1) is 22.6 Å². The average molecular weight is 358 g/mol. The molecule has 1 aliphatic heterocycles. The molecule has 1 saturated heterocycles.